The van der Waals surface area contributed by atoms with Crippen molar-refractivity contribution in [2.24, 2.45) is 0 Å². The molecule has 0 saturated carbocycles. The van der Waals surface area contributed by atoms with E-state index in [-0.39, 0.29) is 15.3 Å². The molecule has 0 aliphatic carbocycles. The van der Waals surface area contributed by atoms with E-state index in [1.54, 1.807) is 0 Å². The predicted octanol–water partition coefficient (Wildman–Crippen LogP) is 8.85. The van der Waals surface area contributed by atoms with Crippen LogP contribution in [-0.2, 0) is 11.8 Å². The Bertz CT molecular complexity index is 1410. The average Bonchev–Trinajstić information content (AvgIpc) is 3.56. The molecule has 9 heteroatoms. The zero-order valence-corrected chi connectivity index (χ0v) is 23.6. The molecular weight excluding hydrogens is 518 g/mol. The number of rotatable bonds is 11. The fraction of sp³-hybridized carbons (Fsp3) is 0.310. The van der Waals surface area contributed by atoms with Crippen LogP contribution in [0.25, 0.3) is 11.3 Å². The van der Waals surface area contributed by atoms with Crippen LogP contribution in [0, 0.1) is 10.1 Å². The van der Waals surface area contributed by atoms with Gasteiger partial charge in [0.1, 0.15) is 11.4 Å². The van der Waals surface area contributed by atoms with E-state index < -0.39 is 10.8 Å². The van der Waals surface area contributed by atoms with Crippen LogP contribution < -0.4 is 10.1 Å². The number of thiazole rings is 1. The van der Waals surface area contributed by atoms with E-state index in [1.807, 2.05) is 24.3 Å². The normalized spacial score (nSPS) is 11.4. The van der Waals surface area contributed by atoms with Crippen LogP contribution in [0.1, 0.15) is 67.8 Å². The summed E-state index contributed by atoms with van der Waals surface area (Å²) in [4.78, 5) is 28.2. The van der Waals surface area contributed by atoms with Gasteiger partial charge in [0.15, 0.2) is 5.13 Å². The van der Waals surface area contributed by atoms with Crippen LogP contribution in [0.3, 0.4) is 0 Å². The summed E-state index contributed by atoms with van der Waals surface area (Å²) < 4.78 is 6.28. The second kappa shape index (κ2) is 11.9. The minimum absolute atomic E-state index is 0.0714. The molecule has 4 rings (SSSR count). The zero-order chi connectivity index (χ0) is 27.3. The largest absolute Gasteiger partial charge is 0.444 e. The van der Waals surface area contributed by atoms with Crippen molar-refractivity contribution in [3.63, 3.8) is 0 Å². The second-order valence-electron chi connectivity index (χ2n) is 9.67. The number of thiophene rings is 1. The van der Waals surface area contributed by atoms with Crippen LogP contribution in [0.2, 0.25) is 0 Å². The van der Waals surface area contributed by atoms with Gasteiger partial charge in [-0.15, -0.1) is 0 Å². The van der Waals surface area contributed by atoms with Crippen LogP contribution in [-0.4, -0.2) is 15.8 Å². The van der Waals surface area contributed by atoms with Gasteiger partial charge in [0, 0.05) is 11.6 Å². The first-order chi connectivity index (χ1) is 18.2. The molecule has 38 heavy (non-hydrogen) atoms. The topological polar surface area (TPSA) is 94.4 Å². The standard InChI is InChI=1S/C29H31N3O4S2/c1-5-7-8-19-9-11-20(12-10-19)25-27(36-22-15-13-21(14-16-22)29(3,4)6-2)38-28(30-25)31-26(33)23-17-18-24(37-23)32(34)35/h9-18H,5-8H2,1-4H3,(H,30,31,33). The molecule has 1 amide bonds. The first kappa shape index (κ1) is 27.5. The number of nitro groups is 1. The van der Waals surface area contributed by atoms with Crippen molar-refractivity contribution >= 4 is 38.7 Å². The summed E-state index contributed by atoms with van der Waals surface area (Å²) in [5.41, 5.74) is 4.07. The first-order valence-electron chi connectivity index (χ1n) is 12.6. The van der Waals surface area contributed by atoms with E-state index in [2.05, 4.69) is 62.3 Å². The lowest BCUT2D eigenvalue weighted by Crippen LogP contribution is -2.14. The van der Waals surface area contributed by atoms with Crippen molar-refractivity contribution in [3.8, 4) is 22.1 Å². The van der Waals surface area contributed by atoms with Crippen molar-refractivity contribution < 1.29 is 14.5 Å². The summed E-state index contributed by atoms with van der Waals surface area (Å²) in [6.45, 7) is 8.77. The SMILES string of the molecule is CCCCc1ccc(-c2nc(NC(=O)c3ccc([N+](=O)[O-])s3)sc2Oc2ccc(C(C)(C)CC)cc2)cc1. The lowest BCUT2D eigenvalue weighted by molar-refractivity contribution is -0.380. The molecule has 2 heterocycles. The highest BCUT2D eigenvalue weighted by Gasteiger charge is 2.21. The number of amides is 1. The Labute approximate surface area is 230 Å². The number of nitrogens with zero attached hydrogens (tertiary/aromatic N) is 2. The third-order valence-electron chi connectivity index (χ3n) is 6.59. The molecule has 0 atom stereocenters. The van der Waals surface area contributed by atoms with Gasteiger partial charge in [-0.2, -0.15) is 0 Å². The monoisotopic (exact) mass is 549 g/mol. The lowest BCUT2D eigenvalue weighted by Gasteiger charge is -2.23. The predicted molar refractivity (Wildman–Crippen MR) is 155 cm³/mol. The molecule has 4 aromatic rings. The summed E-state index contributed by atoms with van der Waals surface area (Å²) in [6, 6.07) is 19.1. The number of aromatic nitrogens is 1. The van der Waals surface area contributed by atoms with Gasteiger partial charge in [0.2, 0.25) is 5.06 Å². The number of carbonyl (C=O) groups excluding carboxylic acids is 1. The number of aryl methyl sites for hydroxylation is 1. The minimum atomic E-state index is -0.508. The summed E-state index contributed by atoms with van der Waals surface area (Å²) in [5, 5.41) is 14.6. The van der Waals surface area contributed by atoms with Crippen LogP contribution in [0.15, 0.2) is 60.7 Å². The van der Waals surface area contributed by atoms with E-state index in [1.165, 1.54) is 34.6 Å². The Morgan fingerprint density at radius 3 is 2.34 bits per heavy atom. The van der Waals surface area contributed by atoms with Gasteiger partial charge in [-0.3, -0.25) is 20.2 Å². The number of anilines is 1. The van der Waals surface area contributed by atoms with Crippen molar-refractivity contribution in [2.75, 3.05) is 5.32 Å². The molecule has 0 aliphatic rings. The molecular formula is C29H31N3O4S2. The Morgan fingerprint density at radius 1 is 1.03 bits per heavy atom. The third-order valence-corrected chi connectivity index (χ3v) is 8.47. The number of benzene rings is 2. The highest BCUT2D eigenvalue weighted by Crippen LogP contribution is 2.41. The number of hydrogen-bond acceptors (Lipinski definition) is 7. The van der Waals surface area contributed by atoms with Gasteiger partial charge >= 0.3 is 5.00 Å². The molecule has 0 aliphatic heterocycles. The maximum absolute atomic E-state index is 12.8. The van der Waals surface area contributed by atoms with E-state index in [4.69, 9.17) is 4.74 Å². The summed E-state index contributed by atoms with van der Waals surface area (Å²) >= 11 is 2.05. The Hall–Kier alpha value is -3.56. The Balaban J connectivity index is 1.62. The molecule has 0 bridgehead atoms. The summed E-state index contributed by atoms with van der Waals surface area (Å²) in [6.07, 6.45) is 4.31. The lowest BCUT2D eigenvalue weighted by atomic mass is 9.82. The molecule has 0 saturated heterocycles. The zero-order valence-electron chi connectivity index (χ0n) is 21.9. The molecule has 0 radical (unpaired) electrons. The first-order valence-corrected chi connectivity index (χ1v) is 14.3. The molecule has 0 fully saturated rings. The fourth-order valence-electron chi connectivity index (χ4n) is 3.81. The Morgan fingerprint density at radius 2 is 1.74 bits per heavy atom. The van der Waals surface area contributed by atoms with Crippen molar-refractivity contribution in [2.45, 2.75) is 58.8 Å². The van der Waals surface area contributed by atoms with E-state index >= 15 is 0 Å². The van der Waals surface area contributed by atoms with Gasteiger partial charge in [-0.25, -0.2) is 4.98 Å². The van der Waals surface area contributed by atoms with Crippen LogP contribution in [0.5, 0.6) is 10.8 Å². The third kappa shape index (κ3) is 6.46. The number of hydrogen-bond donors (Lipinski definition) is 1. The number of carbonyl (C=O) groups is 1. The average molecular weight is 550 g/mol. The van der Waals surface area contributed by atoms with E-state index in [0.29, 0.717) is 21.6 Å². The van der Waals surface area contributed by atoms with Crippen LogP contribution in [0.4, 0.5) is 10.1 Å². The van der Waals surface area contributed by atoms with Crippen molar-refractivity contribution in [1.29, 1.82) is 0 Å². The van der Waals surface area contributed by atoms with Crippen LogP contribution >= 0.6 is 22.7 Å². The number of unbranched alkanes of at least 4 members (excludes halogenated alkanes) is 1. The minimum Gasteiger partial charge on any atom is -0.444 e. The van der Waals surface area contributed by atoms with E-state index in [0.717, 1.165) is 42.6 Å². The smallest absolute Gasteiger partial charge is 0.324 e. The van der Waals surface area contributed by atoms with Gasteiger partial charge in [-0.05, 0) is 54.0 Å². The Kier molecular flexibility index (Phi) is 8.58. The quantitative estimate of drug-likeness (QED) is 0.149. The number of nitrogens with one attached hydrogen (secondary N) is 1. The van der Waals surface area contributed by atoms with Gasteiger partial charge in [-0.1, -0.05) is 93.2 Å². The van der Waals surface area contributed by atoms with E-state index in [9.17, 15) is 14.9 Å². The second-order valence-corrected chi connectivity index (χ2v) is 11.7. The van der Waals surface area contributed by atoms with Gasteiger partial charge in [0.05, 0.1) is 9.80 Å². The molecule has 0 spiro atoms. The summed E-state index contributed by atoms with van der Waals surface area (Å²) in [7, 11) is 0. The summed E-state index contributed by atoms with van der Waals surface area (Å²) in [5.74, 6) is 0.230. The number of ether oxygens (including phenoxy) is 1. The maximum Gasteiger partial charge on any atom is 0.324 e. The molecule has 1 N–H and O–H groups in total. The highest BCUT2D eigenvalue weighted by atomic mass is 32.1. The molecule has 7 nitrogen and oxygen atoms in total. The maximum atomic E-state index is 12.8. The van der Waals surface area contributed by atoms with Crippen molar-refractivity contribution in [3.05, 3.63) is 86.8 Å². The molecule has 198 valence electrons. The highest BCUT2D eigenvalue weighted by molar-refractivity contribution is 7.19. The van der Waals surface area contributed by atoms with Crippen molar-refractivity contribution in [1.82, 2.24) is 4.98 Å². The molecule has 2 aromatic heterocycles. The fourth-order valence-corrected chi connectivity index (χ4v) is 5.38. The van der Waals surface area contributed by atoms with Gasteiger partial charge in [0.25, 0.3) is 5.91 Å². The van der Waals surface area contributed by atoms with Gasteiger partial charge < -0.3 is 4.74 Å². The molecule has 2 aromatic carbocycles. The molecule has 0 unspecified atom stereocenters.